The third kappa shape index (κ3) is 3.77. The molecule has 1 N–H and O–H groups in total. The molecule has 1 aliphatic heterocycles. The first-order valence-electron chi connectivity index (χ1n) is 5.12. The van der Waals surface area contributed by atoms with Crippen molar-refractivity contribution in [3.05, 3.63) is 16.9 Å². The minimum atomic E-state index is 0. The van der Waals surface area contributed by atoms with Crippen LogP contribution in [0.4, 0.5) is 0 Å². The lowest BCUT2D eigenvalue weighted by Crippen LogP contribution is -2.34. The fourth-order valence-corrected chi connectivity index (χ4v) is 1.85. The summed E-state index contributed by atoms with van der Waals surface area (Å²) in [5.74, 6) is 0. The molecule has 16 heavy (non-hydrogen) atoms. The van der Waals surface area contributed by atoms with Gasteiger partial charge < -0.3 is 10.1 Å². The van der Waals surface area contributed by atoms with Gasteiger partial charge in [0.2, 0.25) is 0 Å². The number of piperidine rings is 1. The molecular formula is C10H15Cl2N3O. The zero-order chi connectivity index (χ0) is 10.7. The Morgan fingerprint density at radius 2 is 2.06 bits per heavy atom. The monoisotopic (exact) mass is 263 g/mol. The van der Waals surface area contributed by atoms with Crippen molar-refractivity contribution >= 4 is 24.0 Å². The van der Waals surface area contributed by atoms with Gasteiger partial charge in [0.15, 0.2) is 0 Å². The molecule has 2 heterocycles. The molecule has 0 radical (unpaired) electrons. The molecule has 0 saturated carbocycles. The Balaban J connectivity index is 0.00000128. The number of rotatable bonds is 2. The second-order valence-electron chi connectivity index (χ2n) is 3.68. The van der Waals surface area contributed by atoms with E-state index in [1.807, 2.05) is 6.92 Å². The number of hydrogen-bond donors (Lipinski definition) is 1. The first-order valence-corrected chi connectivity index (χ1v) is 5.50. The number of nitrogens with one attached hydrogen (secondary N) is 1. The second kappa shape index (κ2) is 6.23. The number of nitrogens with zero attached hydrogens (tertiary/aromatic N) is 2. The van der Waals surface area contributed by atoms with Gasteiger partial charge in [0.05, 0.1) is 0 Å². The lowest BCUT2D eigenvalue weighted by Gasteiger charge is -2.22. The maximum absolute atomic E-state index is 5.82. The van der Waals surface area contributed by atoms with Gasteiger partial charge in [-0.05, 0) is 38.9 Å². The summed E-state index contributed by atoms with van der Waals surface area (Å²) >= 11 is 5.82. The molecule has 1 aromatic rings. The van der Waals surface area contributed by atoms with Gasteiger partial charge in [-0.2, -0.15) is 4.98 Å². The van der Waals surface area contributed by atoms with E-state index in [2.05, 4.69) is 15.3 Å². The van der Waals surface area contributed by atoms with Crippen LogP contribution in [0.1, 0.15) is 18.5 Å². The SMILES string of the molecule is Cc1cc(Cl)nc(OC2CCNCC2)n1.Cl. The summed E-state index contributed by atoms with van der Waals surface area (Å²) in [7, 11) is 0. The van der Waals surface area contributed by atoms with Gasteiger partial charge in [0.1, 0.15) is 11.3 Å². The van der Waals surface area contributed by atoms with E-state index in [0.29, 0.717) is 11.2 Å². The van der Waals surface area contributed by atoms with E-state index in [1.54, 1.807) is 6.07 Å². The van der Waals surface area contributed by atoms with Crippen molar-refractivity contribution in [1.29, 1.82) is 0 Å². The van der Waals surface area contributed by atoms with Crippen LogP contribution in [0.5, 0.6) is 6.01 Å². The Morgan fingerprint density at radius 1 is 1.38 bits per heavy atom. The molecule has 1 saturated heterocycles. The van der Waals surface area contributed by atoms with Crippen molar-refractivity contribution in [2.45, 2.75) is 25.9 Å². The van der Waals surface area contributed by atoms with Crippen molar-refractivity contribution in [3.8, 4) is 6.01 Å². The highest BCUT2D eigenvalue weighted by atomic mass is 35.5. The molecule has 0 aromatic carbocycles. The van der Waals surface area contributed by atoms with E-state index in [1.165, 1.54) is 0 Å². The van der Waals surface area contributed by atoms with Crippen molar-refractivity contribution in [2.75, 3.05) is 13.1 Å². The van der Waals surface area contributed by atoms with Crippen LogP contribution >= 0.6 is 24.0 Å². The molecule has 90 valence electrons. The summed E-state index contributed by atoms with van der Waals surface area (Å²) in [5.41, 5.74) is 0.832. The maximum Gasteiger partial charge on any atom is 0.318 e. The maximum atomic E-state index is 5.82. The van der Waals surface area contributed by atoms with Gasteiger partial charge in [0.25, 0.3) is 0 Å². The normalized spacial score (nSPS) is 16.6. The largest absolute Gasteiger partial charge is 0.460 e. The highest BCUT2D eigenvalue weighted by molar-refractivity contribution is 6.29. The van der Waals surface area contributed by atoms with E-state index >= 15 is 0 Å². The number of aryl methyl sites for hydroxylation is 1. The van der Waals surface area contributed by atoms with E-state index in [0.717, 1.165) is 31.6 Å². The number of ether oxygens (including phenoxy) is 1. The van der Waals surface area contributed by atoms with E-state index < -0.39 is 0 Å². The van der Waals surface area contributed by atoms with Crippen LogP contribution in [-0.2, 0) is 0 Å². The molecule has 2 rings (SSSR count). The molecule has 6 heteroatoms. The smallest absolute Gasteiger partial charge is 0.318 e. The molecule has 0 spiro atoms. The molecule has 1 fully saturated rings. The van der Waals surface area contributed by atoms with Crippen LogP contribution in [0.2, 0.25) is 5.15 Å². The van der Waals surface area contributed by atoms with Gasteiger partial charge in [0, 0.05) is 5.69 Å². The first-order chi connectivity index (χ1) is 7.24. The van der Waals surface area contributed by atoms with Crippen LogP contribution in [-0.4, -0.2) is 29.2 Å². The fourth-order valence-electron chi connectivity index (χ4n) is 1.62. The van der Waals surface area contributed by atoms with Crippen LogP contribution in [0.25, 0.3) is 0 Å². The highest BCUT2D eigenvalue weighted by Gasteiger charge is 2.15. The number of hydrogen-bond acceptors (Lipinski definition) is 4. The minimum absolute atomic E-state index is 0. The fraction of sp³-hybridized carbons (Fsp3) is 0.600. The average Bonchev–Trinajstić information content (AvgIpc) is 2.17. The van der Waals surface area contributed by atoms with Crippen LogP contribution in [0, 0.1) is 6.92 Å². The van der Waals surface area contributed by atoms with Crippen molar-refractivity contribution in [1.82, 2.24) is 15.3 Å². The Morgan fingerprint density at radius 3 is 2.69 bits per heavy atom. The summed E-state index contributed by atoms with van der Waals surface area (Å²) in [6, 6.07) is 2.11. The van der Waals surface area contributed by atoms with Crippen molar-refractivity contribution in [3.63, 3.8) is 0 Å². The molecule has 4 nitrogen and oxygen atoms in total. The molecule has 1 aliphatic rings. The minimum Gasteiger partial charge on any atom is -0.460 e. The molecule has 0 amide bonds. The predicted molar refractivity (Wildman–Crippen MR) is 65.5 cm³/mol. The summed E-state index contributed by atoms with van der Waals surface area (Å²) in [5, 5.41) is 3.71. The van der Waals surface area contributed by atoms with Crippen LogP contribution in [0.15, 0.2) is 6.07 Å². The molecule has 1 aromatic heterocycles. The van der Waals surface area contributed by atoms with E-state index in [9.17, 15) is 0 Å². The Bertz CT molecular complexity index is 323. The Kier molecular flexibility index (Phi) is 5.25. The zero-order valence-electron chi connectivity index (χ0n) is 9.07. The average molecular weight is 264 g/mol. The van der Waals surface area contributed by atoms with Crippen molar-refractivity contribution < 1.29 is 4.74 Å². The van der Waals surface area contributed by atoms with Crippen LogP contribution < -0.4 is 10.1 Å². The number of halogens is 2. The standard InChI is InChI=1S/C10H14ClN3O.ClH/c1-7-6-9(11)14-10(13-7)15-8-2-4-12-5-3-8;/h6,8,12H,2-5H2,1H3;1H. The summed E-state index contributed by atoms with van der Waals surface area (Å²) < 4.78 is 5.67. The highest BCUT2D eigenvalue weighted by Crippen LogP contribution is 2.15. The third-order valence-corrected chi connectivity index (χ3v) is 2.55. The van der Waals surface area contributed by atoms with E-state index in [4.69, 9.17) is 16.3 Å². The van der Waals surface area contributed by atoms with Gasteiger partial charge in [-0.15, -0.1) is 12.4 Å². The lowest BCUT2D eigenvalue weighted by atomic mass is 10.1. The molecule has 0 atom stereocenters. The van der Waals surface area contributed by atoms with Gasteiger partial charge >= 0.3 is 6.01 Å². The first kappa shape index (κ1) is 13.5. The quantitative estimate of drug-likeness (QED) is 0.830. The van der Waals surface area contributed by atoms with Gasteiger partial charge in [-0.3, -0.25) is 0 Å². The predicted octanol–water partition coefficient (Wildman–Crippen LogP) is 1.99. The summed E-state index contributed by atoms with van der Waals surface area (Å²) in [6.07, 6.45) is 2.20. The Labute approximate surface area is 106 Å². The van der Waals surface area contributed by atoms with E-state index in [-0.39, 0.29) is 18.5 Å². The topological polar surface area (TPSA) is 47.0 Å². The van der Waals surface area contributed by atoms with Gasteiger partial charge in [-0.25, -0.2) is 4.98 Å². The van der Waals surface area contributed by atoms with Gasteiger partial charge in [-0.1, -0.05) is 11.6 Å². The van der Waals surface area contributed by atoms with Crippen molar-refractivity contribution in [2.24, 2.45) is 0 Å². The summed E-state index contributed by atoms with van der Waals surface area (Å²) in [6.45, 7) is 3.86. The second-order valence-corrected chi connectivity index (χ2v) is 4.07. The number of aromatic nitrogens is 2. The zero-order valence-corrected chi connectivity index (χ0v) is 10.6. The molecular weight excluding hydrogens is 249 g/mol. The molecule has 0 unspecified atom stereocenters. The molecule has 0 bridgehead atoms. The lowest BCUT2D eigenvalue weighted by molar-refractivity contribution is 0.148. The third-order valence-electron chi connectivity index (χ3n) is 2.36. The summed E-state index contributed by atoms with van der Waals surface area (Å²) in [4.78, 5) is 8.23. The van der Waals surface area contributed by atoms with Crippen LogP contribution in [0.3, 0.4) is 0 Å². The molecule has 0 aliphatic carbocycles. The Hall–Kier alpha value is -0.580.